The van der Waals surface area contributed by atoms with Gasteiger partial charge in [0.15, 0.2) is 17.9 Å². The topological polar surface area (TPSA) is 60.9 Å². The Kier molecular flexibility index (Phi) is 3.00. The van der Waals surface area contributed by atoms with Crippen LogP contribution in [0.5, 0.6) is 0 Å². The third-order valence-electron chi connectivity index (χ3n) is 2.55. The Hall–Kier alpha value is -2.21. The molecule has 94 valence electrons. The summed E-state index contributed by atoms with van der Waals surface area (Å²) in [5.74, 6) is 1.24. The zero-order valence-electron chi connectivity index (χ0n) is 9.65. The van der Waals surface area contributed by atoms with E-state index in [4.69, 9.17) is 4.42 Å². The van der Waals surface area contributed by atoms with Crippen molar-refractivity contribution >= 4 is 22.2 Å². The number of hydrogen-bond acceptors (Lipinski definition) is 4. The van der Waals surface area contributed by atoms with Gasteiger partial charge in [-0.15, -0.1) is 0 Å². The number of carbonyl (C=O) groups is 1. The summed E-state index contributed by atoms with van der Waals surface area (Å²) >= 11 is 3.33. The molecule has 0 saturated carbocycles. The second-order valence-electron chi connectivity index (χ2n) is 3.80. The van der Waals surface area contributed by atoms with Crippen molar-refractivity contribution < 1.29 is 9.21 Å². The van der Waals surface area contributed by atoms with Gasteiger partial charge < -0.3 is 4.42 Å². The smallest absolute Gasteiger partial charge is 0.170 e. The first-order valence-electron chi connectivity index (χ1n) is 5.49. The third kappa shape index (κ3) is 2.22. The number of aldehydes is 1. The van der Waals surface area contributed by atoms with Crippen molar-refractivity contribution in [2.24, 2.45) is 0 Å². The van der Waals surface area contributed by atoms with Crippen LogP contribution < -0.4 is 0 Å². The monoisotopic (exact) mass is 317 g/mol. The van der Waals surface area contributed by atoms with Gasteiger partial charge in [0.1, 0.15) is 11.4 Å². The molecule has 0 aliphatic heterocycles. The molecular weight excluding hydrogens is 310 g/mol. The van der Waals surface area contributed by atoms with Gasteiger partial charge in [-0.05, 0) is 46.3 Å². The molecule has 0 N–H and O–H groups in total. The first kappa shape index (κ1) is 11.9. The predicted molar refractivity (Wildman–Crippen MR) is 72.1 cm³/mol. The van der Waals surface area contributed by atoms with Crippen molar-refractivity contribution in [1.29, 1.82) is 0 Å². The molecule has 6 heteroatoms. The first-order valence-corrected chi connectivity index (χ1v) is 6.28. The number of hydrogen-bond donors (Lipinski definition) is 0. The molecule has 0 amide bonds. The van der Waals surface area contributed by atoms with Gasteiger partial charge in [-0.1, -0.05) is 0 Å². The molecule has 3 aromatic rings. The predicted octanol–water partition coefficient (Wildman–Crippen LogP) is 3.10. The molecule has 0 aromatic carbocycles. The number of pyridine rings is 1. The molecule has 3 rings (SSSR count). The lowest BCUT2D eigenvalue weighted by atomic mass is 10.3. The molecule has 3 aromatic heterocycles. The average Bonchev–Trinajstić information content (AvgIpc) is 3.08. The molecule has 0 unspecified atom stereocenters. The Bertz CT molecular complexity index is 702. The Morgan fingerprint density at radius 3 is 2.84 bits per heavy atom. The molecule has 0 saturated heterocycles. The SMILES string of the molecule is O=Cc1cc(-c2ccco2)n(-c2ccc(Br)cn2)n1. The summed E-state index contributed by atoms with van der Waals surface area (Å²) in [5.41, 5.74) is 1.01. The van der Waals surface area contributed by atoms with Crippen molar-refractivity contribution in [3.63, 3.8) is 0 Å². The highest BCUT2D eigenvalue weighted by molar-refractivity contribution is 9.10. The van der Waals surface area contributed by atoms with Gasteiger partial charge in [-0.3, -0.25) is 4.79 Å². The molecule has 0 spiro atoms. The third-order valence-corrected chi connectivity index (χ3v) is 3.02. The van der Waals surface area contributed by atoms with Crippen LogP contribution in [0, 0.1) is 0 Å². The summed E-state index contributed by atoms with van der Waals surface area (Å²) in [6.07, 6.45) is 3.94. The highest BCUT2D eigenvalue weighted by Crippen LogP contribution is 2.23. The van der Waals surface area contributed by atoms with Gasteiger partial charge in [-0.2, -0.15) is 5.10 Å². The number of aromatic nitrogens is 3. The van der Waals surface area contributed by atoms with Gasteiger partial charge in [-0.25, -0.2) is 9.67 Å². The number of rotatable bonds is 3. The average molecular weight is 318 g/mol. The minimum absolute atomic E-state index is 0.330. The zero-order chi connectivity index (χ0) is 13.2. The largest absolute Gasteiger partial charge is 0.463 e. The summed E-state index contributed by atoms with van der Waals surface area (Å²) in [7, 11) is 0. The van der Waals surface area contributed by atoms with E-state index in [0.29, 0.717) is 29.3 Å². The molecule has 5 nitrogen and oxygen atoms in total. The van der Waals surface area contributed by atoms with E-state index in [1.54, 1.807) is 41.4 Å². The summed E-state index contributed by atoms with van der Waals surface area (Å²) in [5, 5.41) is 4.20. The van der Waals surface area contributed by atoms with E-state index in [2.05, 4.69) is 26.0 Å². The van der Waals surface area contributed by atoms with Gasteiger partial charge >= 0.3 is 0 Å². The van der Waals surface area contributed by atoms with Crippen LogP contribution in [0.2, 0.25) is 0 Å². The second kappa shape index (κ2) is 4.81. The maximum atomic E-state index is 10.9. The molecule has 0 fully saturated rings. The van der Waals surface area contributed by atoms with Crippen molar-refractivity contribution in [3.8, 4) is 17.3 Å². The highest BCUT2D eigenvalue weighted by Gasteiger charge is 2.14. The van der Waals surface area contributed by atoms with Crippen LogP contribution in [-0.2, 0) is 0 Å². The number of furan rings is 1. The first-order chi connectivity index (χ1) is 9.28. The maximum absolute atomic E-state index is 10.9. The van der Waals surface area contributed by atoms with Crippen molar-refractivity contribution in [2.75, 3.05) is 0 Å². The fourth-order valence-electron chi connectivity index (χ4n) is 1.72. The van der Waals surface area contributed by atoms with E-state index in [1.165, 1.54) is 0 Å². The van der Waals surface area contributed by atoms with Crippen molar-refractivity contribution in [2.45, 2.75) is 0 Å². The van der Waals surface area contributed by atoms with Crippen LogP contribution in [-0.4, -0.2) is 21.1 Å². The van der Waals surface area contributed by atoms with Crippen molar-refractivity contribution in [1.82, 2.24) is 14.8 Å². The molecule has 0 aliphatic carbocycles. The van der Waals surface area contributed by atoms with Crippen LogP contribution in [0.3, 0.4) is 0 Å². The second-order valence-corrected chi connectivity index (χ2v) is 4.71. The summed E-state index contributed by atoms with van der Waals surface area (Å²) < 4.78 is 7.80. The lowest BCUT2D eigenvalue weighted by Crippen LogP contribution is -2.01. The van der Waals surface area contributed by atoms with E-state index in [9.17, 15) is 4.79 Å². The molecule has 3 heterocycles. The van der Waals surface area contributed by atoms with Crippen molar-refractivity contribution in [3.05, 3.63) is 53.0 Å². The maximum Gasteiger partial charge on any atom is 0.170 e. The van der Waals surface area contributed by atoms with Crippen LogP contribution in [0.1, 0.15) is 10.5 Å². The van der Waals surface area contributed by atoms with Gasteiger partial charge in [0.2, 0.25) is 0 Å². The lowest BCUT2D eigenvalue weighted by molar-refractivity contribution is 0.111. The van der Waals surface area contributed by atoms with Gasteiger partial charge in [0, 0.05) is 10.7 Å². The lowest BCUT2D eigenvalue weighted by Gasteiger charge is -2.04. The van der Waals surface area contributed by atoms with Gasteiger partial charge in [0.25, 0.3) is 0 Å². The fraction of sp³-hybridized carbons (Fsp3) is 0. The number of nitrogens with zero attached hydrogens (tertiary/aromatic N) is 3. The molecule has 19 heavy (non-hydrogen) atoms. The molecular formula is C13H8BrN3O2. The Balaban J connectivity index is 2.17. The van der Waals surface area contributed by atoms with Crippen LogP contribution in [0.25, 0.3) is 17.3 Å². The summed E-state index contributed by atoms with van der Waals surface area (Å²) in [6.45, 7) is 0. The standard InChI is InChI=1S/C13H8BrN3O2/c14-9-3-4-13(15-7-9)17-11(6-10(8-18)16-17)12-2-1-5-19-12/h1-8H. The van der Waals surface area contributed by atoms with E-state index in [-0.39, 0.29) is 0 Å². The quantitative estimate of drug-likeness (QED) is 0.696. The Labute approximate surface area is 117 Å². The highest BCUT2D eigenvalue weighted by atomic mass is 79.9. The van der Waals surface area contributed by atoms with Crippen LogP contribution in [0.15, 0.2) is 51.7 Å². The summed E-state index contributed by atoms with van der Waals surface area (Å²) in [6, 6.07) is 8.91. The normalized spacial score (nSPS) is 10.6. The van der Waals surface area contributed by atoms with Gasteiger partial charge in [0.05, 0.1) is 6.26 Å². The van der Waals surface area contributed by atoms with Crippen LogP contribution in [0.4, 0.5) is 0 Å². The summed E-state index contributed by atoms with van der Waals surface area (Å²) in [4.78, 5) is 15.2. The van der Waals surface area contributed by atoms with E-state index in [1.807, 2.05) is 6.07 Å². The molecule has 0 atom stereocenters. The minimum Gasteiger partial charge on any atom is -0.463 e. The molecule has 0 radical (unpaired) electrons. The molecule has 0 aliphatic rings. The van der Waals surface area contributed by atoms with Crippen LogP contribution >= 0.6 is 15.9 Å². The van der Waals surface area contributed by atoms with E-state index < -0.39 is 0 Å². The van der Waals surface area contributed by atoms with E-state index in [0.717, 1.165) is 4.47 Å². The molecule has 0 bridgehead atoms. The minimum atomic E-state index is 0.330. The number of carbonyl (C=O) groups excluding carboxylic acids is 1. The zero-order valence-corrected chi connectivity index (χ0v) is 11.2. The number of halogens is 1. The fourth-order valence-corrected chi connectivity index (χ4v) is 1.96. The Morgan fingerprint density at radius 2 is 2.21 bits per heavy atom. The Morgan fingerprint density at radius 1 is 1.32 bits per heavy atom. The van der Waals surface area contributed by atoms with E-state index >= 15 is 0 Å².